The van der Waals surface area contributed by atoms with Gasteiger partial charge in [0.05, 0.1) is 35.9 Å². The van der Waals surface area contributed by atoms with Crippen LogP contribution in [0.25, 0.3) is 34.1 Å². The Bertz CT molecular complexity index is 5020. The molecule has 6 fully saturated rings. The molecule has 0 saturated carbocycles. The minimum Gasteiger partial charge on any atom is -0.382 e. The molecule has 0 spiro atoms. The van der Waals surface area contributed by atoms with Crippen LogP contribution < -0.4 is 36.0 Å². The predicted octanol–water partition coefficient (Wildman–Crippen LogP) is 10.5. The van der Waals surface area contributed by atoms with E-state index in [1.807, 2.05) is 89.6 Å². The number of carbonyl (C=O) groups is 6. The molecule has 4 N–H and O–H groups in total. The largest absolute Gasteiger partial charge is 0.382 e. The third kappa shape index (κ3) is 14.3. The minimum atomic E-state index is -0.602. The Kier molecular flexibility index (Phi) is 19.0. The molecule has 2 unspecified atom stereocenters. The van der Waals surface area contributed by atoms with Crippen molar-refractivity contribution in [2.45, 2.75) is 127 Å². The summed E-state index contributed by atoms with van der Waals surface area (Å²) in [6.07, 6.45) is 13.7. The van der Waals surface area contributed by atoms with E-state index in [0.717, 1.165) is 159 Å². The number of amides is 6. The van der Waals surface area contributed by atoms with E-state index in [-0.39, 0.29) is 72.0 Å². The molecule has 8 aliphatic heterocycles. The van der Waals surface area contributed by atoms with E-state index in [9.17, 15) is 41.9 Å². The zero-order valence-electron chi connectivity index (χ0n) is 57.7. The lowest BCUT2D eigenvalue weighted by molar-refractivity contribution is -0.138. The number of halogens is 3. The maximum atomic E-state index is 14.1. The van der Waals surface area contributed by atoms with Crippen LogP contribution in [-0.2, 0) is 38.7 Å². The molecule has 6 saturated heterocycles. The number of carbonyl (C=O) groups excluding carboxylic acids is 6. The molecule has 0 bridgehead atoms. The fourth-order valence-electron chi connectivity index (χ4n) is 16.2. The third-order valence-corrected chi connectivity index (χ3v) is 21.5. The van der Waals surface area contributed by atoms with Gasteiger partial charge in [-0.1, -0.05) is 54.6 Å². The highest BCUT2D eigenvalue weighted by atomic mass is 19.1. The summed E-state index contributed by atoms with van der Waals surface area (Å²) in [6, 6.07) is 43.4. The molecule has 0 radical (unpaired) electrons. The first-order valence-corrected chi connectivity index (χ1v) is 36.3. The van der Waals surface area contributed by atoms with Crippen LogP contribution in [0.4, 0.5) is 36.3 Å². The van der Waals surface area contributed by atoms with Gasteiger partial charge in [0.25, 0.3) is 11.8 Å². The smallest absolute Gasteiger partial charge is 0.255 e. The van der Waals surface area contributed by atoms with Gasteiger partial charge in [-0.25, -0.2) is 37.7 Å². The van der Waals surface area contributed by atoms with E-state index < -0.39 is 18.0 Å². The summed E-state index contributed by atoms with van der Waals surface area (Å²) < 4.78 is 44.9. The van der Waals surface area contributed by atoms with Crippen LogP contribution in [0, 0.1) is 23.5 Å². The first kappa shape index (κ1) is 68.0. The van der Waals surface area contributed by atoms with Crippen molar-refractivity contribution in [3.05, 3.63) is 215 Å². The molecular weight excluding hydrogens is 1340 g/mol. The minimum absolute atomic E-state index is 0.0688. The van der Waals surface area contributed by atoms with Gasteiger partial charge in [-0.3, -0.25) is 39.4 Å². The van der Waals surface area contributed by atoms with Crippen molar-refractivity contribution in [2.75, 3.05) is 59.3 Å². The van der Waals surface area contributed by atoms with Gasteiger partial charge in [0.15, 0.2) is 11.3 Å². The van der Waals surface area contributed by atoms with Gasteiger partial charge >= 0.3 is 0 Å². The normalized spacial score (nSPS) is 20.6. The molecule has 4 atom stereocenters. The average molecular weight is 1420 g/mol. The van der Waals surface area contributed by atoms with Gasteiger partial charge in [0.2, 0.25) is 29.6 Å². The Hall–Kier alpha value is -11.4. The lowest BCUT2D eigenvalue weighted by Gasteiger charge is -2.33. The van der Waals surface area contributed by atoms with Crippen LogP contribution in [0.3, 0.4) is 0 Å². The van der Waals surface area contributed by atoms with Crippen molar-refractivity contribution >= 4 is 69.9 Å². The van der Waals surface area contributed by atoms with Gasteiger partial charge in [-0.05, 0) is 208 Å². The number of nitrogens with zero attached hydrogens (tertiary/aromatic N) is 13. The molecule has 0 aliphatic carbocycles. The topological polar surface area (TPSA) is 253 Å². The molecule has 23 nitrogen and oxygen atoms in total. The summed E-state index contributed by atoms with van der Waals surface area (Å²) in [6.45, 7) is 6.29. The van der Waals surface area contributed by atoms with Crippen LogP contribution in [0.15, 0.2) is 158 Å². The zero-order chi connectivity index (χ0) is 71.8. The molecule has 6 amide bonds. The fourth-order valence-corrected chi connectivity index (χ4v) is 16.2. The predicted molar refractivity (Wildman–Crippen MR) is 387 cm³/mol. The number of hydrogen-bond donors (Lipinski definition) is 4. The SMILES string of the molecule is Fc1cccc([C@H]2CCCN2c2ccc3ncc(-c4cccc(F)n4)n3n2)c1.O=C1CCC(N2Cc3cc(CC4CCN(c5cccc(-c6cnc7ccc(N8CCC[C@@H]8c8cccc(F)c8)nn67)n5)CC4)ccc3C2=O)C(=O)N1.O=C1CCC(N2Cc3ccc(NC4CCNCC4)cc3C2=O)C(=O)N1. The summed E-state index contributed by atoms with van der Waals surface area (Å²) in [5.41, 5.74) is 11.4. The number of anilines is 4. The number of imidazole rings is 2. The van der Waals surface area contributed by atoms with Crippen molar-refractivity contribution in [1.82, 2.24) is 64.9 Å². The third-order valence-electron chi connectivity index (χ3n) is 21.5. The van der Waals surface area contributed by atoms with Crippen molar-refractivity contribution in [1.29, 1.82) is 0 Å². The molecule has 10 aromatic rings. The van der Waals surface area contributed by atoms with E-state index in [1.54, 1.807) is 56.9 Å². The molecule has 26 heteroatoms. The Morgan fingerprint density at radius 1 is 0.476 bits per heavy atom. The Morgan fingerprint density at radius 2 is 1.04 bits per heavy atom. The summed E-state index contributed by atoms with van der Waals surface area (Å²) >= 11 is 0. The highest BCUT2D eigenvalue weighted by Crippen LogP contribution is 2.39. The van der Waals surface area contributed by atoms with E-state index >= 15 is 0 Å². The van der Waals surface area contributed by atoms with Crippen LogP contribution in [0.5, 0.6) is 0 Å². The standard InChI is InChI=1S/C40H39FN8O3.C21H17F2N5.C18H22N4O3/c41-29-5-1-4-27(22-29)32-7-3-17-47(32)37-13-12-35-42-23-34(49(35)45-37)31-6-2-8-36(43-31)46-18-15-25(16-19-46)20-26-9-10-30-28(21-26)24-48(40(30)52)33-11-14-38(50)44-39(33)51;22-15-5-1-4-14(12-15)17-7-3-11-27(17)21-10-9-20-24-13-18(28(20)26-21)16-6-2-8-19(23)25-16;23-16-4-3-15(17(24)21-16)22-10-11-1-2-13(9-14(11)18(22)25)20-12-5-7-19-8-6-12/h1-2,4-6,8-10,12-13,21-23,25,32-33H,3,7,11,14-20,24H2,(H,44,50,51);1-2,4-6,8-10,12-13,17H,3,7,11H2;1-2,9,12,15,19-20H,3-8,10H2,(H,21,23,24)/t32-,33?;17-;/m11./s1. The van der Waals surface area contributed by atoms with E-state index in [4.69, 9.17) is 15.2 Å². The molecular formula is C79H78F3N17O6. The number of fused-ring (bicyclic) bond motifs is 4. The second-order valence-electron chi connectivity index (χ2n) is 28.2. The van der Waals surface area contributed by atoms with Crippen molar-refractivity contribution in [3.63, 3.8) is 0 Å². The molecule has 6 aromatic heterocycles. The lowest BCUT2D eigenvalue weighted by atomic mass is 9.89. The number of aromatic nitrogens is 8. The van der Waals surface area contributed by atoms with Gasteiger partial charge in [-0.15, -0.1) is 10.2 Å². The Labute approximate surface area is 603 Å². The summed E-state index contributed by atoms with van der Waals surface area (Å²) in [7, 11) is 0. The van der Waals surface area contributed by atoms with Gasteiger partial charge in [0.1, 0.15) is 52.6 Å². The second kappa shape index (κ2) is 29.4. The maximum absolute atomic E-state index is 14.1. The first-order chi connectivity index (χ1) is 51.2. The van der Waals surface area contributed by atoms with E-state index in [2.05, 4.69) is 63.1 Å². The van der Waals surface area contributed by atoms with Gasteiger partial charge < -0.3 is 35.1 Å². The molecule has 8 aliphatic rings. The number of pyridine rings is 2. The van der Waals surface area contributed by atoms with Crippen molar-refractivity contribution in [3.8, 4) is 22.8 Å². The highest BCUT2D eigenvalue weighted by Gasteiger charge is 2.41. The second-order valence-corrected chi connectivity index (χ2v) is 28.2. The van der Waals surface area contributed by atoms with E-state index in [0.29, 0.717) is 66.1 Å². The molecule has 4 aromatic carbocycles. The number of piperidine rings is 4. The molecule has 536 valence electrons. The molecule has 18 rings (SSSR count). The number of nitrogens with one attached hydrogen (secondary N) is 4. The van der Waals surface area contributed by atoms with Crippen molar-refractivity contribution in [2.24, 2.45) is 5.92 Å². The van der Waals surface area contributed by atoms with Crippen LogP contribution in [0.2, 0.25) is 0 Å². The monoisotopic (exact) mass is 1420 g/mol. The summed E-state index contributed by atoms with van der Waals surface area (Å²) in [5.74, 6) is 0.466. The van der Waals surface area contributed by atoms with Crippen molar-refractivity contribution < 1.29 is 41.9 Å². The molecule has 14 heterocycles. The van der Waals surface area contributed by atoms with Crippen LogP contribution in [-0.4, -0.2) is 142 Å². The molecule has 105 heavy (non-hydrogen) atoms. The van der Waals surface area contributed by atoms with Gasteiger partial charge in [0, 0.05) is 75.0 Å². The Morgan fingerprint density at radius 3 is 1.62 bits per heavy atom. The number of rotatable bonds is 13. The maximum Gasteiger partial charge on any atom is 0.255 e. The summed E-state index contributed by atoms with van der Waals surface area (Å²) in [5, 5.41) is 21.3. The summed E-state index contributed by atoms with van der Waals surface area (Å²) in [4.78, 5) is 101. The number of benzene rings is 4. The van der Waals surface area contributed by atoms with E-state index in [1.165, 1.54) is 23.8 Å². The van der Waals surface area contributed by atoms with Gasteiger partial charge in [-0.2, -0.15) is 4.39 Å². The highest BCUT2D eigenvalue weighted by molar-refractivity contribution is 6.06. The Balaban J connectivity index is 0.000000134. The average Bonchev–Trinajstić information content (AvgIpc) is 1.66. The number of hydrogen-bond acceptors (Lipinski definition) is 17. The quantitative estimate of drug-likeness (QED) is 0.0618. The lowest BCUT2D eigenvalue weighted by Crippen LogP contribution is -2.52. The zero-order valence-corrected chi connectivity index (χ0v) is 57.7. The number of imide groups is 2. The first-order valence-electron chi connectivity index (χ1n) is 36.3. The fraction of sp³-hybridized carbons (Fsp3) is 0.342. The van der Waals surface area contributed by atoms with Crippen LogP contribution >= 0.6 is 0 Å². The van der Waals surface area contributed by atoms with Crippen LogP contribution in [0.1, 0.15) is 138 Å².